The van der Waals surface area contributed by atoms with Crippen LogP contribution in [0.25, 0.3) is 0 Å². The van der Waals surface area contributed by atoms with E-state index in [-0.39, 0.29) is 5.92 Å². The number of aliphatic hydroxyl groups excluding tert-OH is 1. The summed E-state index contributed by atoms with van der Waals surface area (Å²) in [6.45, 7) is 1.30. The molecule has 17 heavy (non-hydrogen) atoms. The summed E-state index contributed by atoms with van der Waals surface area (Å²) >= 11 is 0. The van der Waals surface area contributed by atoms with Crippen molar-refractivity contribution >= 4 is 0 Å². The summed E-state index contributed by atoms with van der Waals surface area (Å²) in [5.74, 6) is -1.03. The second-order valence-corrected chi connectivity index (χ2v) is 4.50. The molecule has 1 aromatic rings. The third kappa shape index (κ3) is 3.48. The van der Waals surface area contributed by atoms with E-state index in [0.717, 1.165) is 18.9 Å². The molecule has 0 amide bonds. The first-order valence-electron chi connectivity index (χ1n) is 5.86. The molecule has 0 aliphatic carbocycles. The van der Waals surface area contributed by atoms with Crippen LogP contribution < -0.4 is 0 Å². The molecule has 1 N–H and O–H groups in total. The Labute approximate surface area is 99.2 Å². The first-order valence-corrected chi connectivity index (χ1v) is 5.86. The summed E-state index contributed by atoms with van der Waals surface area (Å²) in [7, 11) is 0. The molecule has 1 aromatic carbocycles. The monoisotopic (exact) mass is 242 g/mol. The van der Waals surface area contributed by atoms with E-state index in [1.807, 2.05) is 0 Å². The number of ether oxygens (including phenoxy) is 1. The molecule has 1 fully saturated rings. The van der Waals surface area contributed by atoms with Gasteiger partial charge in [0.25, 0.3) is 0 Å². The Morgan fingerprint density at radius 2 is 1.76 bits per heavy atom. The molecule has 2 nitrogen and oxygen atoms in total. The Kier molecular flexibility index (Phi) is 4.07. The van der Waals surface area contributed by atoms with Crippen LogP contribution in [0.4, 0.5) is 8.78 Å². The minimum atomic E-state index is -0.598. The average Bonchev–Trinajstić information content (AvgIpc) is 2.28. The topological polar surface area (TPSA) is 29.5 Å². The number of hydrogen-bond acceptors (Lipinski definition) is 2. The van der Waals surface area contributed by atoms with Gasteiger partial charge in [-0.05, 0) is 42.9 Å². The van der Waals surface area contributed by atoms with Crippen molar-refractivity contribution in [3.8, 4) is 0 Å². The summed E-state index contributed by atoms with van der Waals surface area (Å²) in [5.41, 5.74) is 0.501. The zero-order valence-electron chi connectivity index (χ0n) is 9.53. The van der Waals surface area contributed by atoms with Crippen LogP contribution in [0.2, 0.25) is 0 Å². The summed E-state index contributed by atoms with van der Waals surface area (Å²) in [6, 6.07) is 3.38. The molecule has 1 unspecified atom stereocenters. The first kappa shape index (κ1) is 12.5. The van der Waals surface area contributed by atoms with Crippen LogP contribution in [0.3, 0.4) is 0 Å². The van der Waals surface area contributed by atoms with Crippen molar-refractivity contribution in [3.63, 3.8) is 0 Å². The fourth-order valence-corrected chi connectivity index (χ4v) is 2.24. The predicted octanol–water partition coefficient (Wildman–Crippen LogP) is 2.29. The van der Waals surface area contributed by atoms with Crippen molar-refractivity contribution in [3.05, 3.63) is 35.4 Å². The van der Waals surface area contributed by atoms with Crippen molar-refractivity contribution in [2.45, 2.75) is 25.4 Å². The van der Waals surface area contributed by atoms with Gasteiger partial charge in [0.2, 0.25) is 0 Å². The van der Waals surface area contributed by atoms with Gasteiger partial charge in [-0.2, -0.15) is 0 Å². The van der Waals surface area contributed by atoms with Crippen molar-refractivity contribution in [2.24, 2.45) is 5.92 Å². The second kappa shape index (κ2) is 5.56. The third-order valence-corrected chi connectivity index (χ3v) is 3.18. The fraction of sp³-hybridized carbons (Fsp3) is 0.538. The van der Waals surface area contributed by atoms with Crippen LogP contribution in [0.15, 0.2) is 18.2 Å². The molecule has 4 heteroatoms. The van der Waals surface area contributed by atoms with Crippen LogP contribution in [-0.2, 0) is 11.2 Å². The van der Waals surface area contributed by atoms with Crippen LogP contribution >= 0.6 is 0 Å². The highest BCUT2D eigenvalue weighted by atomic mass is 19.1. The summed E-state index contributed by atoms with van der Waals surface area (Å²) < 4.78 is 31.2. The van der Waals surface area contributed by atoms with Crippen LogP contribution in [0.1, 0.15) is 18.4 Å². The Morgan fingerprint density at radius 1 is 1.18 bits per heavy atom. The highest BCUT2D eigenvalue weighted by Gasteiger charge is 2.22. The van der Waals surface area contributed by atoms with E-state index in [1.165, 1.54) is 12.1 Å². The first-order chi connectivity index (χ1) is 8.15. The number of hydrogen-bond donors (Lipinski definition) is 1. The fourth-order valence-electron chi connectivity index (χ4n) is 2.24. The summed E-state index contributed by atoms with van der Waals surface area (Å²) in [6.07, 6.45) is 1.34. The van der Waals surface area contributed by atoms with Gasteiger partial charge >= 0.3 is 0 Å². The normalized spacial score (nSPS) is 19.2. The van der Waals surface area contributed by atoms with Crippen molar-refractivity contribution in [1.29, 1.82) is 0 Å². The van der Waals surface area contributed by atoms with E-state index in [9.17, 15) is 13.9 Å². The number of halogens is 2. The van der Waals surface area contributed by atoms with Crippen molar-refractivity contribution in [1.82, 2.24) is 0 Å². The Morgan fingerprint density at radius 3 is 2.35 bits per heavy atom. The van der Waals surface area contributed by atoms with Gasteiger partial charge in [0, 0.05) is 19.3 Å². The summed E-state index contributed by atoms with van der Waals surface area (Å²) in [4.78, 5) is 0. The van der Waals surface area contributed by atoms with Crippen molar-refractivity contribution in [2.75, 3.05) is 13.2 Å². The van der Waals surface area contributed by atoms with E-state index in [4.69, 9.17) is 4.74 Å². The molecular formula is C13H16F2O2. The van der Waals surface area contributed by atoms with E-state index < -0.39 is 17.7 Å². The average molecular weight is 242 g/mol. The SMILES string of the molecule is OC(Cc1cc(F)cc(F)c1)C1CCOCC1. The molecule has 0 saturated carbocycles. The Bertz CT molecular complexity index is 355. The van der Waals surface area contributed by atoms with Crippen LogP contribution in [-0.4, -0.2) is 24.4 Å². The molecular weight excluding hydrogens is 226 g/mol. The number of aliphatic hydroxyl groups is 1. The molecule has 0 spiro atoms. The Balaban J connectivity index is 1.99. The molecule has 1 aliphatic heterocycles. The van der Waals surface area contributed by atoms with E-state index in [1.54, 1.807) is 0 Å². The smallest absolute Gasteiger partial charge is 0.126 e. The van der Waals surface area contributed by atoms with Gasteiger partial charge in [0.05, 0.1) is 6.10 Å². The van der Waals surface area contributed by atoms with Gasteiger partial charge < -0.3 is 9.84 Å². The lowest BCUT2D eigenvalue weighted by Gasteiger charge is -2.26. The maximum Gasteiger partial charge on any atom is 0.126 e. The minimum absolute atomic E-state index is 0.162. The second-order valence-electron chi connectivity index (χ2n) is 4.50. The van der Waals surface area contributed by atoms with Crippen molar-refractivity contribution < 1.29 is 18.6 Å². The molecule has 1 aliphatic rings. The van der Waals surface area contributed by atoms with Crippen LogP contribution in [0.5, 0.6) is 0 Å². The lowest BCUT2D eigenvalue weighted by Crippen LogP contribution is -2.28. The number of benzene rings is 1. The quantitative estimate of drug-likeness (QED) is 0.881. The molecule has 2 rings (SSSR count). The van der Waals surface area contributed by atoms with Gasteiger partial charge in [-0.15, -0.1) is 0 Å². The number of rotatable bonds is 3. The molecule has 1 atom stereocenters. The minimum Gasteiger partial charge on any atom is -0.392 e. The zero-order valence-corrected chi connectivity index (χ0v) is 9.53. The highest BCUT2D eigenvalue weighted by Crippen LogP contribution is 2.22. The van der Waals surface area contributed by atoms with E-state index in [2.05, 4.69) is 0 Å². The van der Waals surface area contributed by atoms with Crippen LogP contribution in [0, 0.1) is 17.6 Å². The molecule has 0 aromatic heterocycles. The molecule has 94 valence electrons. The standard InChI is InChI=1S/C13H16F2O2/c14-11-5-9(6-12(15)8-11)7-13(16)10-1-3-17-4-2-10/h5-6,8,10,13,16H,1-4,7H2. The van der Waals surface area contributed by atoms with E-state index >= 15 is 0 Å². The molecule has 0 bridgehead atoms. The zero-order chi connectivity index (χ0) is 12.3. The highest BCUT2D eigenvalue weighted by molar-refractivity contribution is 5.18. The van der Waals surface area contributed by atoms with Gasteiger partial charge in [-0.3, -0.25) is 0 Å². The lowest BCUT2D eigenvalue weighted by molar-refractivity contribution is 0.00835. The maximum atomic E-state index is 13.0. The summed E-state index contributed by atoms with van der Waals surface area (Å²) in [5, 5.41) is 10.0. The van der Waals surface area contributed by atoms with Gasteiger partial charge in [0.1, 0.15) is 11.6 Å². The van der Waals surface area contributed by atoms with E-state index in [0.29, 0.717) is 25.2 Å². The Hall–Kier alpha value is -1.00. The largest absolute Gasteiger partial charge is 0.392 e. The molecule has 0 radical (unpaired) electrons. The lowest BCUT2D eigenvalue weighted by atomic mass is 9.90. The van der Waals surface area contributed by atoms with Gasteiger partial charge in [-0.1, -0.05) is 0 Å². The molecule has 1 saturated heterocycles. The maximum absolute atomic E-state index is 13.0. The molecule has 1 heterocycles. The van der Waals surface area contributed by atoms with Gasteiger partial charge in [-0.25, -0.2) is 8.78 Å². The third-order valence-electron chi connectivity index (χ3n) is 3.18. The van der Waals surface area contributed by atoms with Gasteiger partial charge in [0.15, 0.2) is 0 Å². The predicted molar refractivity (Wildman–Crippen MR) is 59.6 cm³/mol.